The summed E-state index contributed by atoms with van der Waals surface area (Å²) in [4.78, 5) is 0. The SMILES string of the molecule is c1ccc2c(c1)Oc1cccc3c1B2c1cccc(-c2c4ccccc4c(-c4cccc5ccccc45)c4ccccc24)c1O3. The van der Waals surface area contributed by atoms with Gasteiger partial charge in [-0.25, -0.2) is 0 Å². The lowest BCUT2D eigenvalue weighted by molar-refractivity contribution is 0.465. The Morgan fingerprint density at radius 2 is 0.844 bits per heavy atom. The zero-order chi connectivity index (χ0) is 29.5. The van der Waals surface area contributed by atoms with Crippen LogP contribution in [0.4, 0.5) is 0 Å². The molecule has 0 radical (unpaired) electrons. The van der Waals surface area contributed by atoms with Crippen molar-refractivity contribution in [3.05, 3.63) is 152 Å². The molecule has 8 aromatic rings. The van der Waals surface area contributed by atoms with Gasteiger partial charge in [-0.3, -0.25) is 0 Å². The van der Waals surface area contributed by atoms with Crippen molar-refractivity contribution in [3.63, 3.8) is 0 Å². The monoisotopic (exact) mass is 572 g/mol. The molecular weight excluding hydrogens is 547 g/mol. The number of fused-ring (bicyclic) bond motifs is 7. The van der Waals surface area contributed by atoms with Crippen molar-refractivity contribution in [2.45, 2.75) is 0 Å². The van der Waals surface area contributed by atoms with Gasteiger partial charge in [-0.15, -0.1) is 0 Å². The van der Waals surface area contributed by atoms with Crippen molar-refractivity contribution in [1.82, 2.24) is 0 Å². The third kappa shape index (κ3) is 3.47. The summed E-state index contributed by atoms with van der Waals surface area (Å²) in [6, 6.07) is 54.2. The number of rotatable bonds is 2. The average molecular weight is 572 g/mol. The first kappa shape index (κ1) is 24.6. The van der Waals surface area contributed by atoms with Crippen LogP contribution in [0, 0.1) is 0 Å². The van der Waals surface area contributed by atoms with Crippen molar-refractivity contribution in [2.24, 2.45) is 0 Å². The van der Waals surface area contributed by atoms with E-state index in [2.05, 4.69) is 133 Å². The molecule has 2 aliphatic heterocycles. The maximum Gasteiger partial charge on any atom is 0.260 e. The number of hydrogen-bond acceptors (Lipinski definition) is 2. The van der Waals surface area contributed by atoms with Crippen LogP contribution >= 0.6 is 0 Å². The van der Waals surface area contributed by atoms with E-state index in [0.717, 1.165) is 39.5 Å². The molecule has 0 fully saturated rings. The summed E-state index contributed by atoms with van der Waals surface area (Å²) in [6.07, 6.45) is 0. The van der Waals surface area contributed by atoms with Crippen molar-refractivity contribution >= 4 is 55.4 Å². The first-order valence-corrected chi connectivity index (χ1v) is 15.5. The first-order valence-electron chi connectivity index (χ1n) is 15.5. The topological polar surface area (TPSA) is 18.5 Å². The molecule has 208 valence electrons. The van der Waals surface area contributed by atoms with Crippen LogP contribution in [-0.2, 0) is 0 Å². The van der Waals surface area contributed by atoms with E-state index in [1.165, 1.54) is 54.5 Å². The lowest BCUT2D eigenvalue weighted by Crippen LogP contribution is -2.57. The summed E-state index contributed by atoms with van der Waals surface area (Å²) in [5.74, 6) is 3.54. The highest BCUT2D eigenvalue weighted by molar-refractivity contribution is 6.98. The van der Waals surface area contributed by atoms with Crippen LogP contribution in [0.25, 0.3) is 54.6 Å². The maximum absolute atomic E-state index is 6.92. The minimum atomic E-state index is 0.0253. The van der Waals surface area contributed by atoms with E-state index in [1.807, 2.05) is 18.2 Å². The first-order chi connectivity index (χ1) is 22.3. The third-order valence-electron chi connectivity index (χ3n) is 9.59. The van der Waals surface area contributed by atoms with Gasteiger partial charge in [-0.1, -0.05) is 133 Å². The Balaban J connectivity index is 1.30. The molecule has 0 spiro atoms. The summed E-state index contributed by atoms with van der Waals surface area (Å²) in [7, 11) is 0. The summed E-state index contributed by atoms with van der Waals surface area (Å²) < 4.78 is 13.3. The van der Waals surface area contributed by atoms with Crippen LogP contribution in [0.1, 0.15) is 0 Å². The molecular formula is C42H25BO2. The Hall–Kier alpha value is -5.80. The van der Waals surface area contributed by atoms with Crippen LogP contribution < -0.4 is 25.9 Å². The molecule has 2 aliphatic rings. The van der Waals surface area contributed by atoms with Crippen molar-refractivity contribution < 1.29 is 9.47 Å². The average Bonchev–Trinajstić information content (AvgIpc) is 3.10. The van der Waals surface area contributed by atoms with Gasteiger partial charge >= 0.3 is 0 Å². The molecule has 0 amide bonds. The fourth-order valence-corrected chi connectivity index (χ4v) is 7.75. The third-order valence-corrected chi connectivity index (χ3v) is 9.59. The molecule has 0 atom stereocenters. The van der Waals surface area contributed by atoms with E-state index >= 15 is 0 Å². The molecule has 10 rings (SSSR count). The number of hydrogen-bond donors (Lipinski definition) is 0. The van der Waals surface area contributed by atoms with Gasteiger partial charge in [0.1, 0.15) is 23.0 Å². The minimum absolute atomic E-state index is 0.0253. The van der Waals surface area contributed by atoms with Gasteiger partial charge in [-0.2, -0.15) is 0 Å². The normalized spacial score (nSPS) is 12.8. The van der Waals surface area contributed by atoms with E-state index in [1.54, 1.807) is 0 Å². The second-order valence-corrected chi connectivity index (χ2v) is 11.9. The molecule has 0 aliphatic carbocycles. The van der Waals surface area contributed by atoms with Gasteiger partial charge in [0.25, 0.3) is 6.71 Å². The smallest absolute Gasteiger partial charge is 0.260 e. The summed E-state index contributed by atoms with van der Waals surface area (Å²) in [5, 5.41) is 7.39. The summed E-state index contributed by atoms with van der Waals surface area (Å²) in [6.45, 7) is 0.0253. The predicted molar refractivity (Wildman–Crippen MR) is 188 cm³/mol. The van der Waals surface area contributed by atoms with E-state index < -0.39 is 0 Å². The second-order valence-electron chi connectivity index (χ2n) is 11.9. The van der Waals surface area contributed by atoms with Gasteiger partial charge in [0.15, 0.2) is 0 Å². The van der Waals surface area contributed by atoms with Gasteiger partial charge in [0.2, 0.25) is 0 Å². The Morgan fingerprint density at radius 3 is 1.60 bits per heavy atom. The van der Waals surface area contributed by atoms with Gasteiger partial charge < -0.3 is 9.47 Å². The lowest BCUT2D eigenvalue weighted by atomic mass is 9.34. The molecule has 2 nitrogen and oxygen atoms in total. The Kier molecular flexibility index (Phi) is 5.12. The Morgan fingerprint density at radius 1 is 0.356 bits per heavy atom. The van der Waals surface area contributed by atoms with Gasteiger partial charge in [-0.05, 0) is 72.6 Å². The minimum Gasteiger partial charge on any atom is -0.458 e. The molecule has 0 bridgehead atoms. The highest BCUT2D eigenvalue weighted by Gasteiger charge is 2.40. The van der Waals surface area contributed by atoms with Gasteiger partial charge in [0, 0.05) is 16.6 Å². The van der Waals surface area contributed by atoms with Crippen LogP contribution in [0.2, 0.25) is 0 Å². The maximum atomic E-state index is 6.92. The number of benzene rings is 8. The molecule has 0 N–H and O–H groups in total. The van der Waals surface area contributed by atoms with E-state index in [4.69, 9.17) is 9.47 Å². The fraction of sp³-hybridized carbons (Fsp3) is 0. The number of ether oxygens (including phenoxy) is 2. The lowest BCUT2D eigenvalue weighted by Gasteiger charge is -2.33. The van der Waals surface area contributed by atoms with Crippen LogP contribution in [0.3, 0.4) is 0 Å². The molecule has 45 heavy (non-hydrogen) atoms. The quantitative estimate of drug-likeness (QED) is 0.152. The largest absolute Gasteiger partial charge is 0.458 e. The van der Waals surface area contributed by atoms with Crippen molar-refractivity contribution in [1.29, 1.82) is 0 Å². The Labute approximate surface area is 261 Å². The van der Waals surface area contributed by atoms with Crippen LogP contribution in [0.15, 0.2) is 152 Å². The van der Waals surface area contributed by atoms with E-state index in [9.17, 15) is 0 Å². The Bertz CT molecular complexity index is 2450. The van der Waals surface area contributed by atoms with Crippen molar-refractivity contribution in [2.75, 3.05) is 0 Å². The zero-order valence-corrected chi connectivity index (χ0v) is 24.3. The predicted octanol–water partition coefficient (Wildman–Crippen LogP) is 9.21. The molecule has 0 unspecified atom stereocenters. The van der Waals surface area contributed by atoms with Gasteiger partial charge in [0.05, 0.1) is 0 Å². The zero-order valence-electron chi connectivity index (χ0n) is 24.3. The molecule has 0 aromatic heterocycles. The molecule has 2 heterocycles. The van der Waals surface area contributed by atoms with Crippen LogP contribution in [0.5, 0.6) is 23.0 Å². The fourth-order valence-electron chi connectivity index (χ4n) is 7.75. The van der Waals surface area contributed by atoms with Crippen LogP contribution in [-0.4, -0.2) is 6.71 Å². The summed E-state index contributed by atoms with van der Waals surface area (Å²) in [5.41, 5.74) is 8.24. The molecule has 0 saturated carbocycles. The molecule has 3 heteroatoms. The van der Waals surface area contributed by atoms with E-state index in [0.29, 0.717) is 0 Å². The highest BCUT2D eigenvalue weighted by Crippen LogP contribution is 2.48. The highest BCUT2D eigenvalue weighted by atomic mass is 16.5. The molecule has 8 aromatic carbocycles. The number of para-hydroxylation sites is 2. The second kappa shape index (κ2) is 9.35. The molecule has 0 saturated heterocycles. The standard InChI is InChI=1S/C42H25BO2/c1-2-14-27-26(12-1)13-9-19-28(27)39-29-15-3-5-17-31(29)40(32-18-6-4-16-30(32)39)33-20-10-22-35-42(33)45-38-25-11-24-37-41(38)43(35)34-21-7-8-23-36(34)44-37/h1-25H. The van der Waals surface area contributed by atoms with Crippen molar-refractivity contribution in [3.8, 4) is 45.3 Å². The summed E-state index contributed by atoms with van der Waals surface area (Å²) >= 11 is 0. The van der Waals surface area contributed by atoms with E-state index in [-0.39, 0.29) is 6.71 Å².